The molecule has 0 heterocycles. The fourth-order valence-electron chi connectivity index (χ4n) is 2.89. The molecule has 1 saturated carbocycles. The van der Waals surface area contributed by atoms with Crippen LogP contribution in [0.3, 0.4) is 0 Å². The summed E-state index contributed by atoms with van der Waals surface area (Å²) in [6.45, 7) is 0. The van der Waals surface area contributed by atoms with Gasteiger partial charge in [-0.15, -0.1) is 0 Å². The van der Waals surface area contributed by atoms with Crippen LogP contribution in [0.2, 0.25) is 0 Å². The number of benzene rings is 1. The molecule has 0 bridgehead atoms. The summed E-state index contributed by atoms with van der Waals surface area (Å²) in [7, 11) is 0. The predicted molar refractivity (Wildman–Crippen MR) is 50.9 cm³/mol. The first-order valence-electron chi connectivity index (χ1n) is 5.01. The zero-order valence-electron chi connectivity index (χ0n) is 7.49. The van der Waals surface area contributed by atoms with E-state index in [9.17, 15) is 4.79 Å². The second-order valence-corrected chi connectivity index (χ2v) is 4.10. The van der Waals surface area contributed by atoms with Crippen LogP contribution < -0.4 is 0 Å². The Bertz CT molecular complexity index is 367. The van der Waals surface area contributed by atoms with Crippen LogP contribution in [0.1, 0.15) is 41.1 Å². The minimum Gasteiger partial charge on any atom is -0.294 e. The van der Waals surface area contributed by atoms with Gasteiger partial charge < -0.3 is 0 Å². The van der Waals surface area contributed by atoms with Crippen LogP contribution in [-0.2, 0) is 0 Å². The Morgan fingerprint density at radius 1 is 1.08 bits per heavy atom. The molecule has 0 amide bonds. The van der Waals surface area contributed by atoms with Crippen molar-refractivity contribution in [1.29, 1.82) is 0 Å². The van der Waals surface area contributed by atoms with Crippen molar-refractivity contribution in [3.05, 3.63) is 35.4 Å². The average Bonchev–Trinajstić information content (AvgIpc) is 2.72. The van der Waals surface area contributed by atoms with E-state index in [4.69, 9.17) is 0 Å². The first-order valence-corrected chi connectivity index (χ1v) is 5.01. The second-order valence-electron chi connectivity index (χ2n) is 4.10. The number of hydrogen-bond donors (Lipinski definition) is 0. The van der Waals surface area contributed by atoms with Crippen molar-refractivity contribution in [3.63, 3.8) is 0 Å². The third kappa shape index (κ3) is 0.846. The van der Waals surface area contributed by atoms with Gasteiger partial charge in [0.15, 0.2) is 5.78 Å². The normalized spacial score (nSPS) is 30.3. The monoisotopic (exact) mass is 172 g/mol. The molecule has 1 heteroatoms. The second kappa shape index (κ2) is 2.44. The Hall–Kier alpha value is -1.11. The van der Waals surface area contributed by atoms with Crippen LogP contribution in [0.5, 0.6) is 0 Å². The van der Waals surface area contributed by atoms with Crippen LogP contribution in [0.4, 0.5) is 0 Å². The summed E-state index contributed by atoms with van der Waals surface area (Å²) in [6.07, 6.45) is 3.56. The van der Waals surface area contributed by atoms with E-state index in [1.54, 1.807) is 0 Å². The molecule has 0 radical (unpaired) electrons. The van der Waals surface area contributed by atoms with Gasteiger partial charge in [0.1, 0.15) is 0 Å². The molecule has 0 spiro atoms. The Morgan fingerprint density at radius 2 is 1.85 bits per heavy atom. The lowest BCUT2D eigenvalue weighted by Gasteiger charge is -2.06. The highest BCUT2D eigenvalue weighted by molar-refractivity contribution is 6.03. The number of fused-ring (bicyclic) bond motifs is 3. The van der Waals surface area contributed by atoms with Gasteiger partial charge in [-0.2, -0.15) is 0 Å². The Kier molecular flexibility index (Phi) is 1.37. The SMILES string of the molecule is O=C1c2ccccc2[C@@H]2CCC[C@H]12. The van der Waals surface area contributed by atoms with Gasteiger partial charge in [-0.3, -0.25) is 4.79 Å². The van der Waals surface area contributed by atoms with Gasteiger partial charge in [0.2, 0.25) is 0 Å². The van der Waals surface area contributed by atoms with E-state index in [0.29, 0.717) is 17.6 Å². The van der Waals surface area contributed by atoms with E-state index < -0.39 is 0 Å². The Morgan fingerprint density at radius 3 is 2.77 bits per heavy atom. The summed E-state index contributed by atoms with van der Waals surface area (Å²) in [4.78, 5) is 11.9. The molecule has 2 aliphatic rings. The maximum absolute atomic E-state index is 11.9. The van der Waals surface area contributed by atoms with Crippen molar-refractivity contribution < 1.29 is 4.79 Å². The van der Waals surface area contributed by atoms with Crippen LogP contribution >= 0.6 is 0 Å². The summed E-state index contributed by atoms with van der Waals surface area (Å²) in [5, 5.41) is 0. The molecular weight excluding hydrogens is 160 g/mol. The molecule has 0 unspecified atom stereocenters. The van der Waals surface area contributed by atoms with Gasteiger partial charge in [-0.1, -0.05) is 30.7 Å². The van der Waals surface area contributed by atoms with Crippen molar-refractivity contribution in [2.45, 2.75) is 25.2 Å². The van der Waals surface area contributed by atoms with E-state index in [2.05, 4.69) is 6.07 Å². The number of carbonyl (C=O) groups is 1. The summed E-state index contributed by atoms with van der Waals surface area (Å²) >= 11 is 0. The molecule has 0 aliphatic heterocycles. The van der Waals surface area contributed by atoms with Gasteiger partial charge in [0.05, 0.1) is 0 Å². The zero-order valence-corrected chi connectivity index (χ0v) is 7.49. The predicted octanol–water partition coefficient (Wildman–Crippen LogP) is 2.77. The zero-order chi connectivity index (χ0) is 8.84. The fourth-order valence-corrected chi connectivity index (χ4v) is 2.89. The van der Waals surface area contributed by atoms with Crippen molar-refractivity contribution >= 4 is 5.78 Å². The molecule has 0 aromatic heterocycles. The highest BCUT2D eigenvalue weighted by atomic mass is 16.1. The minimum absolute atomic E-state index is 0.331. The van der Waals surface area contributed by atoms with Crippen LogP contribution in [0, 0.1) is 5.92 Å². The number of carbonyl (C=O) groups excluding carboxylic acids is 1. The molecular formula is C12H12O. The van der Waals surface area contributed by atoms with Gasteiger partial charge in [-0.05, 0) is 24.3 Å². The first-order chi connectivity index (χ1) is 6.38. The topological polar surface area (TPSA) is 17.1 Å². The Balaban J connectivity index is 2.19. The molecule has 66 valence electrons. The van der Waals surface area contributed by atoms with E-state index in [1.165, 1.54) is 18.4 Å². The summed E-state index contributed by atoms with van der Waals surface area (Å²) in [6, 6.07) is 8.13. The standard InChI is InChI=1S/C12H12O/c13-12-10-5-2-1-4-8(10)9-6-3-7-11(9)12/h1-2,4-5,9,11H,3,6-7H2/t9-,11-/m0/s1. The van der Waals surface area contributed by atoms with E-state index in [1.807, 2.05) is 18.2 Å². The van der Waals surface area contributed by atoms with Gasteiger partial charge >= 0.3 is 0 Å². The summed E-state index contributed by atoms with van der Waals surface area (Å²) in [5.41, 5.74) is 2.31. The van der Waals surface area contributed by atoms with Crippen LogP contribution in [-0.4, -0.2) is 5.78 Å². The number of ketones is 1. The largest absolute Gasteiger partial charge is 0.294 e. The number of Topliss-reactive ketones (excluding diaryl/α,β-unsaturated/α-hetero) is 1. The fraction of sp³-hybridized carbons (Fsp3) is 0.417. The third-order valence-electron chi connectivity index (χ3n) is 3.48. The van der Waals surface area contributed by atoms with Crippen molar-refractivity contribution in [2.24, 2.45) is 5.92 Å². The summed E-state index contributed by atoms with van der Waals surface area (Å²) < 4.78 is 0. The van der Waals surface area contributed by atoms with E-state index in [0.717, 1.165) is 12.0 Å². The number of rotatable bonds is 0. The molecule has 0 saturated heterocycles. The van der Waals surface area contributed by atoms with E-state index >= 15 is 0 Å². The average molecular weight is 172 g/mol. The maximum atomic E-state index is 11.9. The highest BCUT2D eigenvalue weighted by Crippen LogP contribution is 2.47. The molecule has 3 rings (SSSR count). The molecule has 1 nitrogen and oxygen atoms in total. The van der Waals surface area contributed by atoms with Crippen LogP contribution in [0.15, 0.2) is 24.3 Å². The van der Waals surface area contributed by atoms with Gasteiger partial charge in [-0.25, -0.2) is 0 Å². The van der Waals surface area contributed by atoms with Crippen molar-refractivity contribution in [3.8, 4) is 0 Å². The summed E-state index contributed by atoms with van der Waals surface area (Å²) in [5.74, 6) is 1.29. The third-order valence-corrected chi connectivity index (χ3v) is 3.48. The van der Waals surface area contributed by atoms with Crippen LogP contribution in [0.25, 0.3) is 0 Å². The van der Waals surface area contributed by atoms with Gasteiger partial charge in [0.25, 0.3) is 0 Å². The Labute approximate surface area is 77.8 Å². The smallest absolute Gasteiger partial charge is 0.166 e. The van der Waals surface area contributed by atoms with Gasteiger partial charge in [0, 0.05) is 11.5 Å². The minimum atomic E-state index is 0.331. The van der Waals surface area contributed by atoms with E-state index in [-0.39, 0.29) is 0 Å². The molecule has 2 atom stereocenters. The molecule has 0 N–H and O–H groups in total. The quantitative estimate of drug-likeness (QED) is 0.588. The van der Waals surface area contributed by atoms with Crippen molar-refractivity contribution in [1.82, 2.24) is 0 Å². The first kappa shape index (κ1) is 7.31. The molecule has 1 fully saturated rings. The lowest BCUT2D eigenvalue weighted by Crippen LogP contribution is -2.06. The molecule has 1 aromatic carbocycles. The molecule has 2 aliphatic carbocycles. The molecule has 1 aromatic rings. The maximum Gasteiger partial charge on any atom is 0.166 e. The van der Waals surface area contributed by atoms with Crippen molar-refractivity contribution in [2.75, 3.05) is 0 Å². The lowest BCUT2D eigenvalue weighted by molar-refractivity contribution is 0.0932. The highest BCUT2D eigenvalue weighted by Gasteiger charge is 2.41. The molecule has 13 heavy (non-hydrogen) atoms. The lowest BCUT2D eigenvalue weighted by atomic mass is 9.96. The number of hydrogen-bond acceptors (Lipinski definition) is 1.